The molecular formula is C18H27N5O. The highest BCUT2D eigenvalue weighted by Crippen LogP contribution is 2.23. The molecule has 3 rings (SSSR count). The molecule has 0 amide bonds. The molecule has 1 aliphatic heterocycles. The van der Waals surface area contributed by atoms with Gasteiger partial charge in [-0.15, -0.1) is 0 Å². The molecule has 1 aliphatic rings. The number of pyridine rings is 1. The van der Waals surface area contributed by atoms with Crippen molar-refractivity contribution >= 4 is 5.95 Å². The number of piperidine rings is 1. The Morgan fingerprint density at radius 1 is 1.33 bits per heavy atom. The summed E-state index contributed by atoms with van der Waals surface area (Å²) in [5, 5.41) is 4.18. The zero-order valence-electron chi connectivity index (χ0n) is 14.9. The van der Waals surface area contributed by atoms with E-state index in [1.54, 1.807) is 0 Å². The van der Waals surface area contributed by atoms with Crippen LogP contribution in [-0.4, -0.2) is 45.7 Å². The van der Waals surface area contributed by atoms with Crippen LogP contribution in [0.4, 0.5) is 5.95 Å². The minimum Gasteiger partial charge on any atom is -0.337 e. The first-order chi connectivity index (χ1) is 11.7. The molecule has 24 heavy (non-hydrogen) atoms. The van der Waals surface area contributed by atoms with E-state index in [4.69, 9.17) is 4.52 Å². The first kappa shape index (κ1) is 16.9. The predicted octanol–water partition coefficient (Wildman–Crippen LogP) is 3.08. The smallest absolute Gasteiger partial charge is 0.266 e. The first-order valence-corrected chi connectivity index (χ1v) is 8.89. The SMILES string of the molecule is CCN(Cc1ccncc1)C1CCCN(c2noc(C(C)C)n2)C1. The summed E-state index contributed by atoms with van der Waals surface area (Å²) >= 11 is 0. The van der Waals surface area contributed by atoms with Gasteiger partial charge in [0.25, 0.3) is 5.95 Å². The summed E-state index contributed by atoms with van der Waals surface area (Å²) in [5.74, 6) is 1.73. The topological polar surface area (TPSA) is 58.3 Å². The summed E-state index contributed by atoms with van der Waals surface area (Å²) in [6, 6.07) is 4.70. The minimum absolute atomic E-state index is 0.269. The van der Waals surface area contributed by atoms with Crippen LogP contribution in [0.3, 0.4) is 0 Å². The second kappa shape index (κ2) is 7.75. The highest BCUT2D eigenvalue weighted by molar-refractivity contribution is 5.29. The van der Waals surface area contributed by atoms with Gasteiger partial charge in [-0.2, -0.15) is 4.98 Å². The fourth-order valence-electron chi connectivity index (χ4n) is 3.25. The molecule has 1 saturated heterocycles. The Bertz CT molecular complexity index is 627. The van der Waals surface area contributed by atoms with Crippen molar-refractivity contribution in [3.63, 3.8) is 0 Å². The number of hydrogen-bond donors (Lipinski definition) is 0. The normalized spacial score (nSPS) is 18.5. The van der Waals surface area contributed by atoms with Gasteiger partial charge in [0, 0.05) is 44.0 Å². The van der Waals surface area contributed by atoms with Gasteiger partial charge in [-0.05, 0) is 42.2 Å². The van der Waals surface area contributed by atoms with Crippen molar-refractivity contribution < 1.29 is 4.52 Å². The number of nitrogens with zero attached hydrogens (tertiary/aromatic N) is 5. The van der Waals surface area contributed by atoms with Crippen molar-refractivity contribution in [1.29, 1.82) is 0 Å². The largest absolute Gasteiger partial charge is 0.337 e. The van der Waals surface area contributed by atoms with Crippen LogP contribution >= 0.6 is 0 Å². The van der Waals surface area contributed by atoms with Gasteiger partial charge in [-0.25, -0.2) is 0 Å². The Hall–Kier alpha value is -1.95. The Balaban J connectivity index is 1.67. The molecule has 0 radical (unpaired) electrons. The zero-order chi connectivity index (χ0) is 16.9. The summed E-state index contributed by atoms with van der Waals surface area (Å²) in [6.45, 7) is 10.3. The summed E-state index contributed by atoms with van der Waals surface area (Å²) in [7, 11) is 0. The van der Waals surface area contributed by atoms with Gasteiger partial charge < -0.3 is 9.42 Å². The van der Waals surface area contributed by atoms with E-state index < -0.39 is 0 Å². The second-order valence-electron chi connectivity index (χ2n) is 6.75. The van der Waals surface area contributed by atoms with E-state index in [2.05, 4.69) is 57.8 Å². The first-order valence-electron chi connectivity index (χ1n) is 8.89. The van der Waals surface area contributed by atoms with Crippen LogP contribution in [0.25, 0.3) is 0 Å². The highest BCUT2D eigenvalue weighted by atomic mass is 16.5. The summed E-state index contributed by atoms with van der Waals surface area (Å²) in [6.07, 6.45) is 6.10. The number of aromatic nitrogens is 3. The molecule has 2 aromatic rings. The van der Waals surface area contributed by atoms with Crippen molar-refractivity contribution in [3.8, 4) is 0 Å². The van der Waals surface area contributed by atoms with Gasteiger partial charge >= 0.3 is 0 Å². The standard InChI is InChI=1S/C18H27N5O/c1-4-22(12-15-7-9-19-10-8-15)16-6-5-11-23(13-16)18-20-17(14(2)3)24-21-18/h7-10,14,16H,4-6,11-13H2,1-3H3. The number of hydrogen-bond acceptors (Lipinski definition) is 6. The van der Waals surface area contributed by atoms with Crippen molar-refractivity contribution in [2.24, 2.45) is 0 Å². The summed E-state index contributed by atoms with van der Waals surface area (Å²) in [5.41, 5.74) is 1.31. The van der Waals surface area contributed by atoms with Gasteiger partial charge in [0.05, 0.1) is 0 Å². The van der Waals surface area contributed by atoms with E-state index in [1.807, 2.05) is 12.4 Å². The molecule has 1 unspecified atom stereocenters. The molecule has 0 N–H and O–H groups in total. The maximum atomic E-state index is 5.37. The molecule has 0 aromatic carbocycles. The molecular weight excluding hydrogens is 302 g/mol. The van der Waals surface area contributed by atoms with Crippen molar-refractivity contribution in [1.82, 2.24) is 20.0 Å². The van der Waals surface area contributed by atoms with E-state index >= 15 is 0 Å². The van der Waals surface area contributed by atoms with Crippen LogP contribution in [0.5, 0.6) is 0 Å². The van der Waals surface area contributed by atoms with Crippen molar-refractivity contribution in [2.45, 2.75) is 52.1 Å². The number of likely N-dealkylation sites (N-methyl/N-ethyl adjacent to an activating group) is 1. The van der Waals surface area contributed by atoms with E-state index in [-0.39, 0.29) is 5.92 Å². The van der Waals surface area contributed by atoms with E-state index in [9.17, 15) is 0 Å². The maximum Gasteiger partial charge on any atom is 0.266 e. The third-order valence-corrected chi connectivity index (χ3v) is 4.66. The van der Waals surface area contributed by atoms with Crippen molar-refractivity contribution in [2.75, 3.05) is 24.5 Å². The van der Waals surface area contributed by atoms with E-state index in [0.717, 1.165) is 44.4 Å². The fourth-order valence-corrected chi connectivity index (χ4v) is 3.25. The molecule has 3 heterocycles. The van der Waals surface area contributed by atoms with Gasteiger partial charge in [0.1, 0.15) is 0 Å². The Labute approximate surface area is 143 Å². The highest BCUT2D eigenvalue weighted by Gasteiger charge is 2.27. The van der Waals surface area contributed by atoms with Gasteiger partial charge in [0.2, 0.25) is 5.89 Å². The monoisotopic (exact) mass is 329 g/mol. The average Bonchev–Trinajstić information content (AvgIpc) is 3.11. The molecule has 1 atom stereocenters. The number of anilines is 1. The lowest BCUT2D eigenvalue weighted by Crippen LogP contribution is -2.48. The molecule has 6 nitrogen and oxygen atoms in total. The van der Waals surface area contributed by atoms with Crippen LogP contribution in [0.15, 0.2) is 29.0 Å². The molecule has 130 valence electrons. The van der Waals surface area contributed by atoms with Crippen LogP contribution < -0.4 is 4.90 Å². The van der Waals surface area contributed by atoms with Crippen LogP contribution in [0, 0.1) is 0 Å². The molecule has 0 spiro atoms. The molecule has 2 aromatic heterocycles. The third kappa shape index (κ3) is 3.93. The molecule has 0 bridgehead atoms. The average molecular weight is 329 g/mol. The lowest BCUT2D eigenvalue weighted by atomic mass is 10.0. The lowest BCUT2D eigenvalue weighted by Gasteiger charge is -2.38. The Kier molecular flexibility index (Phi) is 5.45. The second-order valence-corrected chi connectivity index (χ2v) is 6.75. The van der Waals surface area contributed by atoms with E-state index in [1.165, 1.54) is 12.0 Å². The quantitative estimate of drug-likeness (QED) is 0.812. The van der Waals surface area contributed by atoms with Crippen LogP contribution in [-0.2, 0) is 6.54 Å². The van der Waals surface area contributed by atoms with Gasteiger partial charge in [-0.3, -0.25) is 9.88 Å². The fraction of sp³-hybridized carbons (Fsp3) is 0.611. The molecule has 0 saturated carbocycles. The minimum atomic E-state index is 0.269. The maximum absolute atomic E-state index is 5.37. The molecule has 1 fully saturated rings. The summed E-state index contributed by atoms with van der Waals surface area (Å²) in [4.78, 5) is 13.5. The van der Waals surface area contributed by atoms with Gasteiger partial charge in [0.15, 0.2) is 0 Å². The Morgan fingerprint density at radius 2 is 2.12 bits per heavy atom. The Morgan fingerprint density at radius 3 is 2.79 bits per heavy atom. The van der Waals surface area contributed by atoms with Gasteiger partial charge in [-0.1, -0.05) is 20.8 Å². The molecule has 6 heteroatoms. The predicted molar refractivity (Wildman–Crippen MR) is 93.9 cm³/mol. The third-order valence-electron chi connectivity index (χ3n) is 4.66. The zero-order valence-corrected chi connectivity index (χ0v) is 14.9. The van der Waals surface area contributed by atoms with Crippen molar-refractivity contribution in [3.05, 3.63) is 36.0 Å². The number of rotatable bonds is 6. The van der Waals surface area contributed by atoms with Crippen LogP contribution in [0.1, 0.15) is 51.0 Å². The van der Waals surface area contributed by atoms with E-state index in [0.29, 0.717) is 6.04 Å². The lowest BCUT2D eigenvalue weighted by molar-refractivity contribution is 0.175. The summed E-state index contributed by atoms with van der Waals surface area (Å²) < 4.78 is 5.37. The van der Waals surface area contributed by atoms with Crippen LogP contribution in [0.2, 0.25) is 0 Å². The molecule has 0 aliphatic carbocycles.